The van der Waals surface area contributed by atoms with Gasteiger partial charge in [-0.15, -0.1) is 0 Å². The minimum atomic E-state index is -0.720. The van der Waals surface area contributed by atoms with Gasteiger partial charge in [0.25, 0.3) is 0 Å². The molecule has 0 aromatic heterocycles. The normalized spacial score (nSPS) is 18.5. The molecule has 0 aliphatic rings. The molecule has 3 atom stereocenters. The number of aliphatic hydroxyl groups is 1. The van der Waals surface area contributed by atoms with Crippen LogP contribution in [0.25, 0.3) is 0 Å². The summed E-state index contributed by atoms with van der Waals surface area (Å²) < 4.78 is 13.9. The third kappa shape index (κ3) is 5.29. The van der Waals surface area contributed by atoms with Crippen LogP contribution in [0.1, 0.15) is 29.9 Å². The molecule has 0 radical (unpaired) electrons. The van der Waals surface area contributed by atoms with Gasteiger partial charge < -0.3 is 5.11 Å². The summed E-state index contributed by atoms with van der Waals surface area (Å²) in [6.07, 6.45) is 4.69. The second-order valence-electron chi connectivity index (χ2n) is 4.43. The highest BCUT2D eigenvalue weighted by atomic mass is 16.3. The van der Waals surface area contributed by atoms with Crippen molar-refractivity contribution in [3.8, 4) is 0 Å². The van der Waals surface area contributed by atoms with Crippen molar-refractivity contribution >= 4 is 5.78 Å². The first-order chi connectivity index (χ1) is 8.81. The van der Waals surface area contributed by atoms with E-state index in [1.54, 1.807) is 12.2 Å². The van der Waals surface area contributed by atoms with Crippen molar-refractivity contribution in [3.05, 3.63) is 24.8 Å². The Morgan fingerprint density at radius 2 is 2.29 bits per heavy atom. The van der Waals surface area contributed by atoms with Crippen LogP contribution in [0.4, 0.5) is 0 Å². The van der Waals surface area contributed by atoms with Crippen LogP contribution < -0.4 is 0 Å². The molecule has 0 fully saturated rings. The summed E-state index contributed by atoms with van der Waals surface area (Å²) in [7, 11) is 1.83. The van der Waals surface area contributed by atoms with Crippen LogP contribution in [0.15, 0.2) is 24.8 Å². The molecule has 0 spiro atoms. The maximum Gasteiger partial charge on any atom is 0.149 e. The fourth-order valence-corrected chi connectivity index (χ4v) is 1.82. The molecule has 17 heavy (non-hydrogen) atoms. The average molecular weight is 241 g/mol. The van der Waals surface area contributed by atoms with Crippen molar-refractivity contribution in [2.75, 3.05) is 13.6 Å². The van der Waals surface area contributed by atoms with E-state index in [4.69, 9.17) is 2.74 Å². The molecule has 0 rings (SSSR count). The lowest BCUT2D eigenvalue weighted by molar-refractivity contribution is -0.126. The number of rotatable bonds is 8. The Kier molecular flexibility index (Phi) is 6.04. The molecule has 0 heterocycles. The Labute approximate surface area is 108 Å². The Balaban J connectivity index is 4.59. The first-order valence-corrected chi connectivity index (χ1v) is 6.00. The predicted molar refractivity (Wildman–Crippen MR) is 71.9 cm³/mol. The molecule has 1 unspecified atom stereocenters. The predicted octanol–water partition coefficient (Wildman–Crippen LogP) is 2.02. The summed E-state index contributed by atoms with van der Waals surface area (Å²) in [5, 5.41) is 10.3. The van der Waals surface area contributed by atoms with Crippen molar-refractivity contribution in [3.63, 3.8) is 0 Å². The maximum atomic E-state index is 11.6. The zero-order valence-corrected chi connectivity index (χ0v) is 11.2. The monoisotopic (exact) mass is 241 g/mol. The molecule has 0 aromatic rings. The fraction of sp³-hybridized carbons (Fsp3) is 0.643. The molecule has 0 amide bonds. The van der Waals surface area contributed by atoms with E-state index in [0.29, 0.717) is 13.0 Å². The van der Waals surface area contributed by atoms with Crippen LogP contribution >= 0.6 is 0 Å². The largest absolute Gasteiger partial charge is 0.391 e. The molecular weight excluding hydrogens is 214 g/mol. The van der Waals surface area contributed by atoms with Crippen molar-refractivity contribution in [2.24, 2.45) is 5.92 Å². The van der Waals surface area contributed by atoms with Crippen LogP contribution in [-0.2, 0) is 4.79 Å². The first-order valence-electron chi connectivity index (χ1n) is 7.00. The van der Waals surface area contributed by atoms with E-state index in [0.717, 1.165) is 0 Å². The highest BCUT2D eigenvalue weighted by Gasteiger charge is 2.30. The standard InChI is InChI=1S/C14H25NO2/c1-6-8-9-10-11(3)14(17)13(12(4)16)15(5)7-2/h6,8-9,11,13-14,17H,1,7,10H2,2-5H3/b9-8+/t11-,13-,14?/m1/s1/i1D2. The molecule has 0 saturated carbocycles. The number of ketones is 1. The van der Waals surface area contributed by atoms with Crippen molar-refractivity contribution < 1.29 is 12.6 Å². The maximum absolute atomic E-state index is 11.6. The number of aliphatic hydroxyl groups excluding tert-OH is 1. The quantitative estimate of drug-likeness (QED) is 0.661. The summed E-state index contributed by atoms with van der Waals surface area (Å²) in [6.45, 7) is 5.78. The second kappa shape index (κ2) is 8.20. The van der Waals surface area contributed by atoms with Gasteiger partial charge in [-0.1, -0.05) is 38.6 Å². The Morgan fingerprint density at radius 3 is 2.76 bits per heavy atom. The minimum Gasteiger partial charge on any atom is -0.391 e. The highest BCUT2D eigenvalue weighted by Crippen LogP contribution is 2.16. The van der Waals surface area contributed by atoms with Gasteiger partial charge in [-0.25, -0.2) is 0 Å². The van der Waals surface area contributed by atoms with Gasteiger partial charge in [0.15, 0.2) is 0 Å². The van der Waals surface area contributed by atoms with Gasteiger partial charge in [-0.05, 0) is 32.9 Å². The first kappa shape index (κ1) is 12.5. The molecule has 0 aliphatic heterocycles. The minimum absolute atomic E-state index is 0.0350. The SMILES string of the molecule is [2H]C([2H])=C/C=C/C[C@@H](C)C(O)[C@@H](C(C)=O)N(C)CC. The zero-order chi connectivity index (χ0) is 15.0. The zero-order valence-electron chi connectivity index (χ0n) is 13.2. The van der Waals surface area contributed by atoms with Gasteiger partial charge in [0.05, 0.1) is 14.9 Å². The molecule has 98 valence electrons. The molecular formula is C14H25NO2. The van der Waals surface area contributed by atoms with Crippen LogP contribution in [0.3, 0.4) is 0 Å². The lowest BCUT2D eigenvalue weighted by Crippen LogP contribution is -2.48. The van der Waals surface area contributed by atoms with Crippen LogP contribution in [0.2, 0.25) is 0 Å². The summed E-state index contributed by atoms with van der Waals surface area (Å²) in [6, 6.07) is -0.480. The molecule has 3 heteroatoms. The van der Waals surface area contributed by atoms with E-state index >= 15 is 0 Å². The number of carbonyl (C=O) groups is 1. The number of allylic oxidation sites excluding steroid dienone is 3. The van der Waals surface area contributed by atoms with Gasteiger partial charge in [0, 0.05) is 0 Å². The van der Waals surface area contributed by atoms with E-state index in [1.165, 1.54) is 13.0 Å². The van der Waals surface area contributed by atoms with E-state index in [-0.39, 0.29) is 18.2 Å². The highest BCUT2D eigenvalue weighted by molar-refractivity contribution is 5.82. The second-order valence-corrected chi connectivity index (χ2v) is 4.43. The van der Waals surface area contributed by atoms with E-state index in [2.05, 4.69) is 0 Å². The molecule has 0 aliphatic carbocycles. The fourth-order valence-electron chi connectivity index (χ4n) is 1.82. The number of Topliss-reactive ketones (excluding diaryl/α,β-unsaturated/α-hetero) is 1. The molecule has 0 saturated heterocycles. The van der Waals surface area contributed by atoms with Gasteiger partial charge in [-0.3, -0.25) is 9.69 Å². The molecule has 3 nitrogen and oxygen atoms in total. The molecule has 0 bridgehead atoms. The van der Waals surface area contributed by atoms with Gasteiger partial charge in [0.1, 0.15) is 5.78 Å². The van der Waals surface area contributed by atoms with Crippen LogP contribution in [0, 0.1) is 5.92 Å². The number of hydrogen-bond acceptors (Lipinski definition) is 3. The third-order valence-electron chi connectivity index (χ3n) is 3.04. The number of nitrogens with zero attached hydrogens (tertiary/aromatic N) is 1. The topological polar surface area (TPSA) is 40.5 Å². The number of likely N-dealkylation sites (N-methyl/N-ethyl adjacent to an activating group) is 1. The smallest absolute Gasteiger partial charge is 0.149 e. The van der Waals surface area contributed by atoms with Gasteiger partial charge in [-0.2, -0.15) is 0 Å². The van der Waals surface area contributed by atoms with Crippen molar-refractivity contribution in [2.45, 2.75) is 39.3 Å². The number of hydrogen-bond donors (Lipinski definition) is 1. The summed E-state index contributed by atoms with van der Waals surface area (Å²) in [5.74, 6) is -0.0976. The average Bonchev–Trinajstić information content (AvgIpc) is 2.33. The Bertz CT molecular complexity index is 338. The summed E-state index contributed by atoms with van der Waals surface area (Å²) in [5.41, 5.74) is 0. The summed E-state index contributed by atoms with van der Waals surface area (Å²) >= 11 is 0. The van der Waals surface area contributed by atoms with Gasteiger partial charge >= 0.3 is 0 Å². The van der Waals surface area contributed by atoms with E-state index < -0.39 is 12.1 Å². The summed E-state index contributed by atoms with van der Waals surface area (Å²) in [4.78, 5) is 13.5. The Hall–Kier alpha value is -0.930. The lowest BCUT2D eigenvalue weighted by atomic mass is 9.92. The van der Waals surface area contributed by atoms with Crippen LogP contribution in [0.5, 0.6) is 0 Å². The number of carbonyl (C=O) groups excluding carboxylic acids is 1. The van der Waals surface area contributed by atoms with Crippen molar-refractivity contribution in [1.29, 1.82) is 0 Å². The molecule has 0 aromatic carbocycles. The van der Waals surface area contributed by atoms with E-state index in [1.807, 2.05) is 25.8 Å². The Morgan fingerprint density at radius 1 is 1.65 bits per heavy atom. The molecule has 1 N–H and O–H groups in total. The lowest BCUT2D eigenvalue weighted by Gasteiger charge is -2.32. The van der Waals surface area contributed by atoms with E-state index in [9.17, 15) is 9.90 Å². The third-order valence-corrected chi connectivity index (χ3v) is 3.04. The van der Waals surface area contributed by atoms with Gasteiger partial charge in [0.2, 0.25) is 0 Å². The van der Waals surface area contributed by atoms with Crippen molar-refractivity contribution in [1.82, 2.24) is 4.90 Å². The van der Waals surface area contributed by atoms with Crippen LogP contribution in [-0.4, -0.2) is 41.5 Å².